The van der Waals surface area contributed by atoms with Crippen molar-refractivity contribution in [3.8, 4) is 5.75 Å². The summed E-state index contributed by atoms with van der Waals surface area (Å²) in [7, 11) is 1.55. The van der Waals surface area contributed by atoms with Gasteiger partial charge in [-0.25, -0.2) is 0 Å². The normalized spacial score (nSPS) is 11.6. The van der Waals surface area contributed by atoms with Gasteiger partial charge in [0, 0.05) is 12.6 Å². The highest BCUT2D eigenvalue weighted by atomic mass is 16.5. The highest BCUT2D eigenvalue weighted by molar-refractivity contribution is 5.80. The first-order valence-electron chi connectivity index (χ1n) is 4.61. The maximum atomic E-state index is 11.2. The van der Waals surface area contributed by atoms with Gasteiger partial charge < -0.3 is 10.1 Å². The van der Waals surface area contributed by atoms with Crippen molar-refractivity contribution in [2.45, 2.75) is 13.0 Å². The van der Waals surface area contributed by atoms with Crippen LogP contribution in [0.25, 0.3) is 0 Å². The molecule has 4 heteroatoms. The number of hydrogen-bond acceptors (Lipinski definition) is 3. The van der Waals surface area contributed by atoms with Crippen LogP contribution in [-0.2, 0) is 4.79 Å². The zero-order valence-electron chi connectivity index (χ0n) is 8.69. The van der Waals surface area contributed by atoms with Crippen LogP contribution < -0.4 is 10.1 Å². The van der Waals surface area contributed by atoms with E-state index in [1.807, 2.05) is 0 Å². The predicted molar refractivity (Wildman–Crippen MR) is 56.0 cm³/mol. The molecule has 0 aliphatic rings. The molecule has 1 rings (SSSR count). The van der Waals surface area contributed by atoms with Gasteiger partial charge in [0.15, 0.2) is 6.10 Å². The van der Waals surface area contributed by atoms with E-state index in [-0.39, 0.29) is 5.91 Å². The van der Waals surface area contributed by atoms with Crippen LogP contribution in [0, 0.1) is 0 Å². The minimum atomic E-state index is -0.572. The number of nitrogens with one attached hydrogen (secondary N) is 1. The van der Waals surface area contributed by atoms with Crippen molar-refractivity contribution >= 4 is 12.2 Å². The number of amides is 1. The third kappa shape index (κ3) is 3.09. The summed E-state index contributed by atoms with van der Waals surface area (Å²) in [6, 6.07) is 6.67. The maximum absolute atomic E-state index is 11.2. The van der Waals surface area contributed by atoms with Crippen molar-refractivity contribution in [1.82, 2.24) is 5.32 Å². The van der Waals surface area contributed by atoms with Gasteiger partial charge >= 0.3 is 0 Å². The summed E-state index contributed by atoms with van der Waals surface area (Å²) >= 11 is 0. The molecule has 0 aromatic heterocycles. The molecule has 1 aromatic carbocycles. The Morgan fingerprint density at radius 3 is 2.87 bits per heavy atom. The fourth-order valence-corrected chi connectivity index (χ4v) is 1.12. The van der Waals surface area contributed by atoms with Gasteiger partial charge in [0.1, 0.15) is 12.0 Å². The lowest BCUT2D eigenvalue weighted by Gasteiger charge is -2.12. The number of carbonyl (C=O) groups is 2. The molecule has 0 saturated heterocycles. The molecule has 0 aliphatic heterocycles. The van der Waals surface area contributed by atoms with Gasteiger partial charge in [-0.15, -0.1) is 0 Å². The smallest absolute Gasteiger partial charge is 0.260 e. The Labute approximate surface area is 88.2 Å². The maximum Gasteiger partial charge on any atom is 0.260 e. The molecule has 0 unspecified atom stereocenters. The topological polar surface area (TPSA) is 55.4 Å². The monoisotopic (exact) mass is 207 g/mol. The lowest BCUT2D eigenvalue weighted by atomic mass is 10.2. The Morgan fingerprint density at radius 2 is 2.27 bits per heavy atom. The van der Waals surface area contributed by atoms with Crippen molar-refractivity contribution in [2.24, 2.45) is 0 Å². The molecule has 0 radical (unpaired) electrons. The van der Waals surface area contributed by atoms with Crippen molar-refractivity contribution in [3.63, 3.8) is 0 Å². The van der Waals surface area contributed by atoms with Crippen LogP contribution in [0.15, 0.2) is 24.3 Å². The van der Waals surface area contributed by atoms with Crippen LogP contribution in [0.4, 0.5) is 0 Å². The highest BCUT2D eigenvalue weighted by Crippen LogP contribution is 2.13. The second kappa shape index (κ2) is 5.14. The van der Waals surface area contributed by atoms with Gasteiger partial charge in [-0.2, -0.15) is 0 Å². The summed E-state index contributed by atoms with van der Waals surface area (Å²) < 4.78 is 5.34. The molecular formula is C11H13NO3. The van der Waals surface area contributed by atoms with Crippen LogP contribution in [0.1, 0.15) is 17.3 Å². The Balaban J connectivity index is 2.71. The van der Waals surface area contributed by atoms with Crippen molar-refractivity contribution in [1.29, 1.82) is 0 Å². The molecule has 1 amide bonds. The van der Waals surface area contributed by atoms with E-state index in [4.69, 9.17) is 4.74 Å². The number of rotatable bonds is 4. The molecule has 0 spiro atoms. The lowest BCUT2D eigenvalue weighted by Crippen LogP contribution is -2.33. The predicted octanol–water partition coefficient (Wildman–Crippen LogP) is 1.01. The summed E-state index contributed by atoms with van der Waals surface area (Å²) in [6.07, 6.45) is 0.161. The second-order valence-corrected chi connectivity index (χ2v) is 3.06. The Bertz CT molecular complexity index is 363. The van der Waals surface area contributed by atoms with Gasteiger partial charge in [-0.1, -0.05) is 12.1 Å². The zero-order chi connectivity index (χ0) is 11.3. The van der Waals surface area contributed by atoms with E-state index in [0.29, 0.717) is 11.3 Å². The third-order valence-corrected chi connectivity index (χ3v) is 1.92. The number of carbonyl (C=O) groups excluding carboxylic acids is 2. The zero-order valence-corrected chi connectivity index (χ0v) is 8.69. The first-order valence-corrected chi connectivity index (χ1v) is 4.61. The van der Waals surface area contributed by atoms with E-state index < -0.39 is 6.10 Å². The Morgan fingerprint density at radius 1 is 1.53 bits per heavy atom. The average molecular weight is 207 g/mol. The fraction of sp³-hybridized carbons (Fsp3) is 0.273. The van der Waals surface area contributed by atoms with Gasteiger partial charge in [0.2, 0.25) is 0 Å². The van der Waals surface area contributed by atoms with Gasteiger partial charge in [0.25, 0.3) is 5.91 Å². The molecular weight excluding hydrogens is 194 g/mol. The van der Waals surface area contributed by atoms with Crippen LogP contribution >= 0.6 is 0 Å². The summed E-state index contributed by atoms with van der Waals surface area (Å²) in [5.41, 5.74) is 0.525. The summed E-state index contributed by atoms with van der Waals surface area (Å²) in [4.78, 5) is 21.7. The summed E-state index contributed by atoms with van der Waals surface area (Å²) in [5, 5.41) is 2.48. The fourth-order valence-electron chi connectivity index (χ4n) is 1.12. The van der Waals surface area contributed by atoms with Gasteiger partial charge in [0.05, 0.1) is 0 Å². The van der Waals surface area contributed by atoms with Crippen molar-refractivity contribution in [2.75, 3.05) is 7.05 Å². The number of ether oxygens (including phenoxy) is 1. The second-order valence-electron chi connectivity index (χ2n) is 3.06. The number of likely N-dealkylation sites (N-methyl/N-ethyl adjacent to an activating group) is 1. The van der Waals surface area contributed by atoms with E-state index >= 15 is 0 Å². The minimum absolute atomic E-state index is 0.202. The molecule has 1 aromatic rings. The van der Waals surface area contributed by atoms with Crippen LogP contribution in [0.2, 0.25) is 0 Å². The van der Waals surface area contributed by atoms with E-state index in [1.54, 1.807) is 38.2 Å². The Hall–Kier alpha value is -1.84. The largest absolute Gasteiger partial charge is 0.481 e. The first-order chi connectivity index (χ1) is 7.17. The molecule has 0 heterocycles. The Kier molecular flexibility index (Phi) is 3.85. The molecule has 1 atom stereocenters. The molecule has 80 valence electrons. The van der Waals surface area contributed by atoms with E-state index in [1.165, 1.54) is 0 Å². The number of aldehydes is 1. The van der Waals surface area contributed by atoms with Gasteiger partial charge in [-0.3, -0.25) is 9.59 Å². The van der Waals surface area contributed by atoms with E-state index in [0.717, 1.165) is 6.29 Å². The number of hydrogen-bond donors (Lipinski definition) is 1. The highest BCUT2D eigenvalue weighted by Gasteiger charge is 2.12. The van der Waals surface area contributed by atoms with Crippen LogP contribution in [0.5, 0.6) is 5.75 Å². The molecule has 15 heavy (non-hydrogen) atoms. The molecule has 0 bridgehead atoms. The van der Waals surface area contributed by atoms with Crippen molar-refractivity contribution in [3.05, 3.63) is 29.8 Å². The van der Waals surface area contributed by atoms with Gasteiger partial charge in [-0.05, 0) is 19.1 Å². The van der Waals surface area contributed by atoms with Crippen LogP contribution in [0.3, 0.4) is 0 Å². The molecule has 0 fully saturated rings. The summed E-state index contributed by atoms with van der Waals surface area (Å²) in [6.45, 7) is 1.65. The average Bonchev–Trinajstić information content (AvgIpc) is 2.28. The van der Waals surface area contributed by atoms with E-state index in [9.17, 15) is 9.59 Å². The van der Waals surface area contributed by atoms with Crippen LogP contribution in [-0.4, -0.2) is 25.3 Å². The van der Waals surface area contributed by atoms with E-state index in [2.05, 4.69) is 5.32 Å². The summed E-state index contributed by atoms with van der Waals surface area (Å²) in [5.74, 6) is 0.308. The minimum Gasteiger partial charge on any atom is -0.481 e. The first kappa shape index (κ1) is 11.2. The quantitative estimate of drug-likeness (QED) is 0.750. The molecule has 4 nitrogen and oxygen atoms in total. The molecule has 1 N–H and O–H groups in total. The number of benzene rings is 1. The SMILES string of the molecule is CNC(=O)[C@H](C)Oc1cccc(C=O)c1. The third-order valence-electron chi connectivity index (χ3n) is 1.92. The molecule has 0 aliphatic carbocycles. The lowest BCUT2D eigenvalue weighted by molar-refractivity contribution is -0.126. The van der Waals surface area contributed by atoms with Crippen molar-refractivity contribution < 1.29 is 14.3 Å². The standard InChI is InChI=1S/C11H13NO3/c1-8(11(14)12-2)15-10-5-3-4-9(6-10)7-13/h3-8H,1-2H3,(H,12,14)/t8-/m0/s1. The molecule has 0 saturated carbocycles.